The molecule has 0 saturated heterocycles. The zero-order valence-corrected chi connectivity index (χ0v) is 14.9. The summed E-state index contributed by atoms with van der Waals surface area (Å²) in [7, 11) is 0. The van der Waals surface area contributed by atoms with Crippen LogP contribution in [0.25, 0.3) is 0 Å². The van der Waals surface area contributed by atoms with Crippen LogP contribution < -0.4 is 11.1 Å². The minimum absolute atomic E-state index is 0.121. The predicted molar refractivity (Wildman–Crippen MR) is 101 cm³/mol. The van der Waals surface area contributed by atoms with Crippen LogP contribution in [0.1, 0.15) is 24.1 Å². The second-order valence-electron chi connectivity index (χ2n) is 5.60. The topological polar surface area (TPSA) is 70.6 Å². The van der Waals surface area contributed by atoms with Gasteiger partial charge in [0.05, 0.1) is 18.7 Å². The van der Waals surface area contributed by atoms with Crippen LogP contribution >= 0.6 is 23.2 Å². The van der Waals surface area contributed by atoms with Gasteiger partial charge in [0.25, 0.3) is 0 Å². The third-order valence-corrected chi connectivity index (χ3v) is 4.14. The summed E-state index contributed by atoms with van der Waals surface area (Å²) in [4.78, 5) is 4.20. The molecule has 4 N–H and O–H groups in total. The van der Waals surface area contributed by atoms with Gasteiger partial charge in [-0.25, -0.2) is 0 Å². The maximum Gasteiger partial charge on any atom is 0.189 e. The number of rotatable bonds is 6. The summed E-state index contributed by atoms with van der Waals surface area (Å²) in [5.74, 6) is 0.264. The van der Waals surface area contributed by atoms with Crippen molar-refractivity contribution in [3.8, 4) is 0 Å². The third kappa shape index (κ3) is 5.71. The highest BCUT2D eigenvalue weighted by atomic mass is 35.5. The zero-order chi connectivity index (χ0) is 17.5. The fourth-order valence-corrected chi connectivity index (χ4v) is 2.92. The lowest BCUT2D eigenvalue weighted by atomic mass is 10.1. The molecule has 2 atom stereocenters. The largest absolute Gasteiger partial charge is 0.391 e. The minimum Gasteiger partial charge on any atom is -0.391 e. The van der Waals surface area contributed by atoms with Gasteiger partial charge >= 0.3 is 0 Å². The standard InChI is InChI=1S/C18H21Cl2N3O/c1-12(16-8-7-14(19)10-17(16)20)23-18(21)22-11-15(24)9-13-5-3-2-4-6-13/h2-8,10,12,15,24H,9,11H2,1H3,(H3,21,22,23). The van der Waals surface area contributed by atoms with E-state index in [4.69, 9.17) is 28.9 Å². The molecule has 0 saturated carbocycles. The van der Waals surface area contributed by atoms with Crippen molar-refractivity contribution < 1.29 is 5.11 Å². The molecule has 0 spiro atoms. The lowest BCUT2D eigenvalue weighted by molar-refractivity contribution is 0.184. The van der Waals surface area contributed by atoms with Crippen molar-refractivity contribution >= 4 is 29.2 Å². The smallest absolute Gasteiger partial charge is 0.189 e. The molecule has 2 aromatic rings. The van der Waals surface area contributed by atoms with E-state index in [0.717, 1.165) is 11.1 Å². The molecule has 128 valence electrons. The van der Waals surface area contributed by atoms with Gasteiger partial charge < -0.3 is 16.2 Å². The second kappa shape index (κ2) is 8.92. The van der Waals surface area contributed by atoms with Gasteiger partial charge in [0, 0.05) is 16.5 Å². The molecule has 0 fully saturated rings. The van der Waals surface area contributed by atoms with Gasteiger partial charge in [-0.2, -0.15) is 0 Å². The number of aliphatic hydroxyl groups is 1. The third-order valence-electron chi connectivity index (χ3n) is 3.58. The molecule has 2 rings (SSSR count). The average molecular weight is 366 g/mol. The number of nitrogens with two attached hydrogens (primary N) is 1. The summed E-state index contributed by atoms with van der Waals surface area (Å²) < 4.78 is 0. The lowest BCUT2D eigenvalue weighted by Gasteiger charge is -2.17. The minimum atomic E-state index is -0.581. The van der Waals surface area contributed by atoms with E-state index >= 15 is 0 Å². The molecule has 0 aliphatic rings. The van der Waals surface area contributed by atoms with Crippen LogP contribution in [-0.2, 0) is 6.42 Å². The molecule has 0 aliphatic heterocycles. The molecule has 0 bridgehead atoms. The van der Waals surface area contributed by atoms with Crippen LogP contribution in [0.5, 0.6) is 0 Å². The number of hydrogen-bond donors (Lipinski definition) is 3. The van der Waals surface area contributed by atoms with Gasteiger partial charge in [0.2, 0.25) is 0 Å². The summed E-state index contributed by atoms with van der Waals surface area (Å²) in [6.07, 6.45) is -0.0434. The molecule has 24 heavy (non-hydrogen) atoms. The number of halogens is 2. The summed E-state index contributed by atoms with van der Waals surface area (Å²) >= 11 is 12.1. The first-order valence-corrected chi connectivity index (χ1v) is 8.44. The maximum absolute atomic E-state index is 10.1. The summed E-state index contributed by atoms with van der Waals surface area (Å²) in [6, 6.07) is 15.0. The van der Waals surface area contributed by atoms with Crippen LogP contribution in [0.15, 0.2) is 53.5 Å². The Morgan fingerprint density at radius 2 is 1.92 bits per heavy atom. The van der Waals surface area contributed by atoms with Gasteiger partial charge in [0.15, 0.2) is 5.96 Å². The number of aliphatic imine (C=N–C) groups is 1. The Hall–Kier alpha value is -1.75. The molecule has 4 nitrogen and oxygen atoms in total. The lowest BCUT2D eigenvalue weighted by Crippen LogP contribution is -2.35. The molecule has 0 heterocycles. The van der Waals surface area contributed by atoms with Crippen LogP contribution in [0, 0.1) is 0 Å². The average Bonchev–Trinajstić information content (AvgIpc) is 2.53. The number of nitrogens with zero attached hydrogens (tertiary/aromatic N) is 1. The van der Waals surface area contributed by atoms with Crippen LogP contribution in [0.4, 0.5) is 0 Å². The summed E-state index contributed by atoms with van der Waals surface area (Å²) in [6.45, 7) is 2.16. The monoisotopic (exact) mass is 365 g/mol. The van der Waals surface area contributed by atoms with E-state index in [0.29, 0.717) is 16.5 Å². The molecule has 0 amide bonds. The fraction of sp³-hybridized carbons (Fsp3) is 0.278. The van der Waals surface area contributed by atoms with Crippen molar-refractivity contribution in [2.24, 2.45) is 10.7 Å². The van der Waals surface area contributed by atoms with Gasteiger partial charge in [-0.05, 0) is 30.2 Å². The van der Waals surface area contributed by atoms with Gasteiger partial charge in [-0.1, -0.05) is 59.6 Å². The molecule has 0 aromatic heterocycles. The first-order chi connectivity index (χ1) is 11.5. The first-order valence-electron chi connectivity index (χ1n) is 7.69. The number of benzene rings is 2. The highest BCUT2D eigenvalue weighted by Crippen LogP contribution is 2.25. The molecular weight excluding hydrogens is 345 g/mol. The SMILES string of the molecule is CC(NC(N)=NCC(O)Cc1ccccc1)c1ccc(Cl)cc1Cl. The van der Waals surface area contributed by atoms with E-state index in [9.17, 15) is 5.11 Å². The molecule has 0 radical (unpaired) electrons. The Morgan fingerprint density at radius 1 is 1.21 bits per heavy atom. The molecule has 2 unspecified atom stereocenters. The second-order valence-corrected chi connectivity index (χ2v) is 6.44. The Morgan fingerprint density at radius 3 is 2.58 bits per heavy atom. The number of aliphatic hydroxyl groups excluding tert-OH is 1. The van der Waals surface area contributed by atoms with Crippen molar-refractivity contribution in [3.05, 3.63) is 69.7 Å². The quantitative estimate of drug-likeness (QED) is 0.541. The van der Waals surface area contributed by atoms with Crippen LogP contribution in [-0.4, -0.2) is 23.7 Å². The maximum atomic E-state index is 10.1. The van der Waals surface area contributed by atoms with Gasteiger partial charge in [-0.15, -0.1) is 0 Å². The Labute approximate surface area is 152 Å². The van der Waals surface area contributed by atoms with E-state index < -0.39 is 6.10 Å². The normalized spacial score (nSPS) is 14.2. The number of guanidine groups is 1. The highest BCUT2D eigenvalue weighted by molar-refractivity contribution is 6.35. The fourth-order valence-electron chi connectivity index (χ4n) is 2.35. The van der Waals surface area contributed by atoms with Crippen molar-refractivity contribution in [2.75, 3.05) is 6.54 Å². The van der Waals surface area contributed by atoms with Crippen molar-refractivity contribution in [1.29, 1.82) is 0 Å². The number of nitrogens with one attached hydrogen (secondary N) is 1. The zero-order valence-electron chi connectivity index (χ0n) is 13.4. The van der Waals surface area contributed by atoms with Crippen LogP contribution in [0.3, 0.4) is 0 Å². The number of hydrogen-bond acceptors (Lipinski definition) is 2. The van der Waals surface area contributed by atoms with E-state index in [-0.39, 0.29) is 18.5 Å². The van der Waals surface area contributed by atoms with E-state index in [2.05, 4.69) is 10.3 Å². The van der Waals surface area contributed by atoms with E-state index in [1.807, 2.05) is 43.3 Å². The summed E-state index contributed by atoms with van der Waals surface area (Å²) in [5, 5.41) is 14.3. The first kappa shape index (κ1) is 18.6. The predicted octanol–water partition coefficient (Wildman–Crippen LogP) is 3.56. The van der Waals surface area contributed by atoms with E-state index in [1.54, 1.807) is 12.1 Å². The Bertz CT molecular complexity index is 692. The Kier molecular flexibility index (Phi) is 6.91. The molecule has 2 aromatic carbocycles. The molecular formula is C18H21Cl2N3O. The van der Waals surface area contributed by atoms with Crippen molar-refractivity contribution in [1.82, 2.24) is 5.32 Å². The molecule has 6 heteroatoms. The van der Waals surface area contributed by atoms with Gasteiger partial charge in [0.1, 0.15) is 0 Å². The van der Waals surface area contributed by atoms with Gasteiger partial charge in [-0.3, -0.25) is 4.99 Å². The van der Waals surface area contributed by atoms with E-state index in [1.165, 1.54) is 0 Å². The van der Waals surface area contributed by atoms with Crippen molar-refractivity contribution in [3.63, 3.8) is 0 Å². The van der Waals surface area contributed by atoms with Crippen LogP contribution in [0.2, 0.25) is 10.0 Å². The molecule has 0 aliphatic carbocycles. The Balaban J connectivity index is 1.88. The summed E-state index contributed by atoms with van der Waals surface area (Å²) in [5.41, 5.74) is 7.83. The van der Waals surface area contributed by atoms with Crippen molar-refractivity contribution in [2.45, 2.75) is 25.5 Å². The highest BCUT2D eigenvalue weighted by Gasteiger charge is 2.11.